The maximum atomic E-state index is 14.7. The van der Waals surface area contributed by atoms with Gasteiger partial charge in [-0.15, -0.1) is 11.6 Å². The summed E-state index contributed by atoms with van der Waals surface area (Å²) >= 11 is 5.63. The molecule has 10 amide bonds. The van der Waals surface area contributed by atoms with Crippen LogP contribution in [-0.2, 0) is 70.4 Å². The first-order valence-electron chi connectivity index (χ1n) is 32.1. The lowest BCUT2D eigenvalue weighted by Gasteiger charge is -2.31. The molecule has 0 spiro atoms. The number of aliphatic imine (C=N–C) groups is 3. The van der Waals surface area contributed by atoms with Crippen molar-refractivity contribution >= 4 is 100 Å². The molecule has 1 heterocycles. The summed E-state index contributed by atoms with van der Waals surface area (Å²) in [6.07, 6.45) is -3.78. The van der Waals surface area contributed by atoms with E-state index in [0.29, 0.717) is 24.0 Å². The number of hydrogen-bond donors (Lipinski definition) is 18. The van der Waals surface area contributed by atoms with Gasteiger partial charge >= 0.3 is 12.1 Å². The monoisotopic (exact) mass is 1440 g/mol. The summed E-state index contributed by atoms with van der Waals surface area (Å²) in [6, 6.07) is 4.62. The number of Topliss-reactive ketones (excluding diaryl/α,β-unsaturated/α-hetero) is 1. The van der Waals surface area contributed by atoms with E-state index < -0.39 is 144 Å². The van der Waals surface area contributed by atoms with Gasteiger partial charge in [-0.2, -0.15) is 13.2 Å². The van der Waals surface area contributed by atoms with E-state index >= 15 is 0 Å². The molecule has 38 heteroatoms. The molecule has 0 radical (unpaired) electrons. The average Bonchev–Trinajstić information content (AvgIpc) is 1.49. The number of guanidine groups is 3. The van der Waals surface area contributed by atoms with Gasteiger partial charge in [0.1, 0.15) is 48.0 Å². The zero-order chi connectivity index (χ0) is 75.2. The van der Waals surface area contributed by atoms with Crippen molar-refractivity contribution in [3.05, 3.63) is 65.7 Å². The maximum Gasteiger partial charge on any atom is 0.490 e. The van der Waals surface area contributed by atoms with Crippen molar-refractivity contribution in [3.8, 4) is 5.75 Å². The van der Waals surface area contributed by atoms with Gasteiger partial charge in [0.2, 0.25) is 59.1 Å². The number of halogens is 4. The van der Waals surface area contributed by atoms with Crippen molar-refractivity contribution in [1.29, 1.82) is 0 Å². The third-order valence-corrected chi connectivity index (χ3v) is 15.4. The Morgan fingerprint density at radius 2 is 1.06 bits per heavy atom. The summed E-state index contributed by atoms with van der Waals surface area (Å²) in [5, 5.41) is 40.3. The van der Waals surface area contributed by atoms with E-state index in [4.69, 9.17) is 61.6 Å². The fourth-order valence-electron chi connectivity index (χ4n) is 9.72. The Balaban J connectivity index is 0.00000459. The van der Waals surface area contributed by atoms with E-state index in [-0.39, 0.29) is 132 Å². The zero-order valence-electron chi connectivity index (χ0n) is 56.2. The molecule has 2 aromatic carbocycles. The minimum atomic E-state index is -5.08. The minimum Gasteiger partial charge on any atom is -0.508 e. The largest absolute Gasteiger partial charge is 0.508 e. The number of rotatable bonds is 41. The highest BCUT2D eigenvalue weighted by atomic mass is 35.5. The molecule has 34 nitrogen and oxygen atoms in total. The third-order valence-electron chi connectivity index (χ3n) is 15.1. The van der Waals surface area contributed by atoms with Crippen molar-refractivity contribution in [1.82, 2.24) is 52.8 Å². The number of aliphatic carboxylic acids is 1. The summed E-state index contributed by atoms with van der Waals surface area (Å²) in [5.41, 5.74) is 40.8. The molecule has 100 heavy (non-hydrogen) atoms. The quantitative estimate of drug-likeness (QED) is 0.0133. The standard InChI is InChI=1S/C60H95ClN20O12.C2HF3O2/c1-5-35(4)49(56(92)78-43(17-11-25-71-60(67)68)57(93)81-26-12-18-46(81)55(91)73-31-39(83)30-61)80-52(88)42(16-10-24-70-59(65)66)76-51(87)41(15-9-23-69-58(63)64)77-53(89)44(27-34(2)3)79-54(90)45(29-36-13-7-6-8-14-36)75-48(85)33-72-47(84)32-74-50(86)40(62)28-37-19-21-38(82)22-20-37;3-2(4,5)1(6)7/h6-8,13-14,19-22,34-35,40-46,49,82H,5,9-12,15-18,23-33,62H2,1-4H3,(H,72,84)(H,73,91)(H,74,86)(H,75,85)(H,76,87)(H,77,89)(H,78,92)(H,79,90)(H,80,88)(H4,63,64,69)(H4,65,66,70)(H4,67,68,71);(H,6,7)/t35-,40-,41-,42-,43-,44-,45-,46-,49-;/m0./s1. The van der Waals surface area contributed by atoms with Crippen LogP contribution in [-0.4, -0.2) is 210 Å². The van der Waals surface area contributed by atoms with E-state index in [1.165, 1.54) is 17.0 Å². The van der Waals surface area contributed by atoms with Gasteiger partial charge in [-0.3, -0.25) is 67.7 Å². The first kappa shape index (κ1) is 86.0. The van der Waals surface area contributed by atoms with Crippen LogP contribution >= 0.6 is 11.6 Å². The van der Waals surface area contributed by atoms with Crippen LogP contribution in [0.1, 0.15) is 103 Å². The number of alkyl halides is 4. The normalized spacial score (nSPS) is 14.9. The predicted molar refractivity (Wildman–Crippen MR) is 363 cm³/mol. The minimum absolute atomic E-state index is 0.00126. The van der Waals surface area contributed by atoms with Crippen LogP contribution in [0.3, 0.4) is 0 Å². The number of hydrogen-bond acceptors (Lipinski definition) is 17. The number of nitrogens with zero attached hydrogens (tertiary/aromatic N) is 4. The molecule has 2 aromatic rings. The molecule has 1 aliphatic heterocycles. The summed E-state index contributed by atoms with van der Waals surface area (Å²) in [6.45, 7) is 5.79. The maximum absolute atomic E-state index is 14.7. The zero-order valence-corrected chi connectivity index (χ0v) is 57.0. The van der Waals surface area contributed by atoms with Crippen LogP contribution in [0.5, 0.6) is 5.75 Å². The first-order chi connectivity index (χ1) is 47.1. The lowest BCUT2D eigenvalue weighted by atomic mass is 9.96. The highest BCUT2D eigenvalue weighted by Gasteiger charge is 2.41. The fraction of sp³-hybridized carbons (Fsp3) is 0.565. The molecule has 1 fully saturated rings. The number of carboxylic acid groups (broad SMARTS) is 1. The van der Waals surface area contributed by atoms with Gasteiger partial charge in [-0.05, 0) is 99.3 Å². The molecule has 0 unspecified atom stereocenters. The molecule has 0 saturated carbocycles. The van der Waals surface area contributed by atoms with Gasteiger partial charge < -0.3 is 103 Å². The Bertz CT molecular complexity index is 3140. The molecule has 0 aromatic heterocycles. The number of likely N-dealkylation sites (tertiary alicyclic amines) is 1. The van der Waals surface area contributed by atoms with Crippen molar-refractivity contribution < 1.29 is 80.9 Å². The van der Waals surface area contributed by atoms with Crippen LogP contribution in [0.2, 0.25) is 0 Å². The number of amides is 10. The van der Waals surface area contributed by atoms with Crippen molar-refractivity contribution in [2.24, 2.45) is 66.9 Å². The first-order valence-corrected chi connectivity index (χ1v) is 32.7. The molecular weight excluding hydrogens is 1340 g/mol. The van der Waals surface area contributed by atoms with E-state index in [2.05, 4.69) is 62.8 Å². The van der Waals surface area contributed by atoms with Crippen molar-refractivity contribution in [2.45, 2.75) is 159 Å². The number of nitrogens with two attached hydrogens (primary N) is 7. The summed E-state index contributed by atoms with van der Waals surface area (Å²) < 4.78 is 31.7. The number of benzene rings is 2. The number of carbonyl (C=O) groups excluding carboxylic acids is 11. The Labute approximate surface area is 581 Å². The van der Waals surface area contributed by atoms with E-state index in [0.717, 1.165) is 0 Å². The van der Waals surface area contributed by atoms with E-state index in [1.807, 2.05) is 0 Å². The van der Waals surface area contributed by atoms with Crippen molar-refractivity contribution in [2.75, 3.05) is 51.7 Å². The number of carbonyl (C=O) groups is 12. The molecule has 3 rings (SSSR count). The molecule has 25 N–H and O–H groups in total. The van der Waals surface area contributed by atoms with Gasteiger partial charge in [0.15, 0.2) is 23.7 Å². The number of phenols is 1. The average molecular weight is 1440 g/mol. The number of nitrogens with one attached hydrogen (secondary N) is 9. The molecule has 1 saturated heterocycles. The highest BCUT2D eigenvalue weighted by molar-refractivity contribution is 6.28. The van der Waals surface area contributed by atoms with Crippen molar-refractivity contribution in [3.63, 3.8) is 0 Å². The SMILES string of the molecule is CC[C@H](C)[C@H](NC(=O)[C@H](CCCN=C(N)N)NC(=O)[C@H](CCCN=C(N)N)NC(=O)[C@H](CC(C)C)NC(=O)[C@H](Cc1ccccc1)NC(=O)CNC(=O)CNC(=O)[C@@H](N)Cc1ccc(O)cc1)C(=O)N[C@@H](CCCN=C(N)N)C(=O)N1CCC[C@H]1C(=O)NCC(=O)CCl.O=C(O)C(F)(F)F. The van der Waals surface area contributed by atoms with Gasteiger partial charge in [0.05, 0.1) is 31.6 Å². The second kappa shape index (κ2) is 44.8. The third kappa shape index (κ3) is 33.9. The van der Waals surface area contributed by atoms with E-state index in [9.17, 15) is 71.0 Å². The Morgan fingerprint density at radius 1 is 0.590 bits per heavy atom. The molecule has 1 aliphatic rings. The lowest BCUT2D eigenvalue weighted by Crippen LogP contribution is -2.61. The van der Waals surface area contributed by atoms with Crippen LogP contribution in [0, 0.1) is 11.8 Å². The molecule has 0 aliphatic carbocycles. The lowest BCUT2D eigenvalue weighted by molar-refractivity contribution is -0.192. The Hall–Kier alpha value is -10.1. The summed E-state index contributed by atoms with van der Waals surface area (Å²) in [5.74, 6) is -12.5. The molecular formula is C62H96ClF3N20O14. The second-order valence-electron chi connectivity index (χ2n) is 23.8. The Kier molecular flexibility index (Phi) is 38.5. The number of ketones is 1. The van der Waals surface area contributed by atoms with Crippen LogP contribution in [0.4, 0.5) is 13.2 Å². The molecule has 9 atom stereocenters. The summed E-state index contributed by atoms with van der Waals surface area (Å²) in [4.78, 5) is 174. The van der Waals surface area contributed by atoms with Gasteiger partial charge in [-0.1, -0.05) is 76.6 Å². The van der Waals surface area contributed by atoms with Gasteiger partial charge in [-0.25, -0.2) is 4.79 Å². The molecule has 556 valence electrons. The fourth-order valence-corrected chi connectivity index (χ4v) is 9.81. The number of aromatic hydroxyl groups is 1. The predicted octanol–water partition coefficient (Wildman–Crippen LogP) is -3.55. The Morgan fingerprint density at radius 3 is 1.56 bits per heavy atom. The smallest absolute Gasteiger partial charge is 0.490 e. The molecule has 0 bridgehead atoms. The topological polar surface area (TPSA) is 576 Å². The van der Waals surface area contributed by atoms with Crippen LogP contribution < -0.4 is 88.0 Å². The van der Waals surface area contributed by atoms with Crippen LogP contribution in [0.25, 0.3) is 0 Å². The highest BCUT2D eigenvalue weighted by Crippen LogP contribution is 2.21. The number of phenolic OH excluding ortho intramolecular Hbond substituents is 1. The second-order valence-corrected chi connectivity index (χ2v) is 24.0. The van der Waals surface area contributed by atoms with Gasteiger partial charge in [0.25, 0.3) is 0 Å². The van der Waals surface area contributed by atoms with Crippen LogP contribution in [0.15, 0.2) is 69.6 Å². The van der Waals surface area contributed by atoms with Gasteiger partial charge in [0, 0.05) is 32.6 Å². The number of carboxylic acids is 1. The summed E-state index contributed by atoms with van der Waals surface area (Å²) in [7, 11) is 0. The van der Waals surface area contributed by atoms with E-state index in [1.54, 1.807) is 70.2 Å².